The Morgan fingerprint density at radius 3 is 2.59 bits per heavy atom. The van der Waals surface area contributed by atoms with Gasteiger partial charge in [0.1, 0.15) is 5.25 Å². The molecule has 0 aromatic rings. The molecule has 3 N–H and O–H groups in total. The van der Waals surface area contributed by atoms with Crippen LogP contribution in [-0.2, 0) is 14.6 Å². The van der Waals surface area contributed by atoms with Gasteiger partial charge in [-0.3, -0.25) is 4.79 Å². The maximum Gasteiger partial charge on any atom is 0.238 e. The predicted octanol–water partition coefficient (Wildman–Crippen LogP) is 0.196. The smallest absolute Gasteiger partial charge is 0.238 e. The summed E-state index contributed by atoms with van der Waals surface area (Å²) in [6.07, 6.45) is 2.57. The van der Waals surface area contributed by atoms with Gasteiger partial charge in [0.05, 0.1) is 5.75 Å². The van der Waals surface area contributed by atoms with E-state index in [2.05, 4.69) is 5.32 Å². The molecule has 100 valence electrons. The van der Waals surface area contributed by atoms with Crippen molar-refractivity contribution in [2.75, 3.05) is 5.75 Å². The van der Waals surface area contributed by atoms with Crippen molar-refractivity contribution in [1.29, 1.82) is 0 Å². The van der Waals surface area contributed by atoms with Gasteiger partial charge < -0.3 is 11.1 Å². The maximum atomic E-state index is 11.9. The molecule has 1 heterocycles. The third-order valence-electron chi connectivity index (χ3n) is 2.99. The van der Waals surface area contributed by atoms with Crippen LogP contribution in [0.4, 0.5) is 0 Å². The molecule has 0 aliphatic carbocycles. The van der Waals surface area contributed by atoms with Crippen molar-refractivity contribution in [2.24, 2.45) is 5.73 Å². The summed E-state index contributed by atoms with van der Waals surface area (Å²) in [7, 11) is -3.24. The van der Waals surface area contributed by atoms with E-state index in [4.69, 9.17) is 5.73 Å². The van der Waals surface area contributed by atoms with Crippen molar-refractivity contribution in [3.8, 4) is 0 Å². The first-order valence-corrected chi connectivity index (χ1v) is 7.82. The van der Waals surface area contributed by atoms with Crippen LogP contribution in [-0.4, -0.2) is 37.4 Å². The highest BCUT2D eigenvalue weighted by Crippen LogP contribution is 2.19. The number of carbonyl (C=O) groups excluding carboxylic acids is 1. The minimum atomic E-state index is -3.24. The van der Waals surface area contributed by atoms with Gasteiger partial charge in [-0.2, -0.15) is 0 Å². The quantitative estimate of drug-likeness (QED) is 0.757. The molecule has 0 saturated carbocycles. The normalized spacial score (nSPS) is 27.1. The molecule has 0 aromatic carbocycles. The van der Waals surface area contributed by atoms with Gasteiger partial charge in [0.2, 0.25) is 5.91 Å². The average Bonchev–Trinajstić information content (AvgIpc) is 2.14. The van der Waals surface area contributed by atoms with Crippen LogP contribution in [0, 0.1) is 0 Å². The lowest BCUT2D eigenvalue weighted by Gasteiger charge is -2.24. The third-order valence-corrected chi connectivity index (χ3v) is 5.16. The zero-order valence-corrected chi connectivity index (χ0v) is 11.3. The molecule has 0 radical (unpaired) electrons. The van der Waals surface area contributed by atoms with Crippen molar-refractivity contribution < 1.29 is 13.2 Å². The number of sulfone groups is 1. The van der Waals surface area contributed by atoms with Crippen LogP contribution in [0.2, 0.25) is 0 Å². The van der Waals surface area contributed by atoms with Gasteiger partial charge in [-0.15, -0.1) is 0 Å². The Morgan fingerprint density at radius 2 is 2.06 bits per heavy atom. The SMILES string of the molecule is CC(N)CC(C)NC(=O)C1CCCCS1(=O)=O. The molecule has 1 amide bonds. The Balaban J connectivity index is 2.57. The molecule has 17 heavy (non-hydrogen) atoms. The van der Waals surface area contributed by atoms with Crippen LogP contribution in [0.15, 0.2) is 0 Å². The fraction of sp³-hybridized carbons (Fsp3) is 0.909. The zero-order chi connectivity index (χ0) is 13.1. The highest BCUT2D eigenvalue weighted by Gasteiger charge is 2.35. The second-order valence-corrected chi connectivity index (χ2v) is 7.28. The van der Waals surface area contributed by atoms with Crippen LogP contribution in [0.1, 0.15) is 39.5 Å². The summed E-state index contributed by atoms with van der Waals surface area (Å²) in [5.41, 5.74) is 5.63. The molecule has 0 aromatic heterocycles. The summed E-state index contributed by atoms with van der Waals surface area (Å²) in [6, 6.07) is -0.0899. The molecule has 3 unspecified atom stereocenters. The van der Waals surface area contributed by atoms with Gasteiger partial charge >= 0.3 is 0 Å². The van der Waals surface area contributed by atoms with Gasteiger partial charge in [-0.1, -0.05) is 6.42 Å². The summed E-state index contributed by atoms with van der Waals surface area (Å²) < 4.78 is 23.5. The zero-order valence-electron chi connectivity index (χ0n) is 10.5. The Labute approximate surface area is 103 Å². The first kappa shape index (κ1) is 14.4. The highest BCUT2D eigenvalue weighted by molar-refractivity contribution is 7.92. The molecule has 0 spiro atoms. The van der Waals surface area contributed by atoms with Crippen LogP contribution >= 0.6 is 0 Å². The van der Waals surface area contributed by atoms with E-state index < -0.39 is 15.1 Å². The van der Waals surface area contributed by atoms with E-state index in [0.29, 0.717) is 19.3 Å². The molecule has 1 saturated heterocycles. The van der Waals surface area contributed by atoms with Gasteiger partial charge in [-0.05, 0) is 33.1 Å². The van der Waals surface area contributed by atoms with E-state index in [1.54, 1.807) is 0 Å². The average molecular weight is 262 g/mol. The van der Waals surface area contributed by atoms with Gasteiger partial charge in [-0.25, -0.2) is 8.42 Å². The summed E-state index contributed by atoms with van der Waals surface area (Å²) in [4.78, 5) is 11.9. The molecule has 0 bridgehead atoms. The van der Waals surface area contributed by atoms with Gasteiger partial charge in [0.15, 0.2) is 9.84 Å². The van der Waals surface area contributed by atoms with E-state index in [-0.39, 0.29) is 23.7 Å². The second-order valence-electron chi connectivity index (χ2n) is 4.97. The van der Waals surface area contributed by atoms with E-state index >= 15 is 0 Å². The van der Waals surface area contributed by atoms with Crippen molar-refractivity contribution in [2.45, 2.75) is 56.9 Å². The van der Waals surface area contributed by atoms with Crippen molar-refractivity contribution >= 4 is 15.7 Å². The lowest BCUT2D eigenvalue weighted by molar-refractivity contribution is -0.121. The maximum absolute atomic E-state index is 11.9. The molecular formula is C11H22N2O3S. The summed E-state index contributed by atoms with van der Waals surface area (Å²) in [6.45, 7) is 3.71. The van der Waals surface area contributed by atoms with Crippen LogP contribution in [0.3, 0.4) is 0 Å². The first-order valence-electron chi connectivity index (χ1n) is 6.10. The Bertz CT molecular complexity index is 365. The van der Waals surface area contributed by atoms with Gasteiger partial charge in [0, 0.05) is 12.1 Å². The lowest BCUT2D eigenvalue weighted by atomic mass is 10.1. The number of rotatable bonds is 4. The molecule has 5 nitrogen and oxygen atoms in total. The number of hydrogen-bond donors (Lipinski definition) is 2. The Hall–Kier alpha value is -0.620. The molecule has 1 rings (SSSR count). The third kappa shape index (κ3) is 4.27. The number of nitrogens with one attached hydrogen (secondary N) is 1. The Kier molecular flexibility index (Phi) is 4.94. The van der Waals surface area contributed by atoms with Gasteiger partial charge in [0.25, 0.3) is 0 Å². The minimum absolute atomic E-state index is 0.00624. The fourth-order valence-corrected chi connectivity index (χ4v) is 4.01. The topological polar surface area (TPSA) is 89.3 Å². The summed E-state index contributed by atoms with van der Waals surface area (Å²) in [5, 5.41) is 1.88. The highest BCUT2D eigenvalue weighted by atomic mass is 32.2. The predicted molar refractivity (Wildman–Crippen MR) is 67.3 cm³/mol. The number of hydrogen-bond acceptors (Lipinski definition) is 4. The fourth-order valence-electron chi connectivity index (χ4n) is 2.20. The molecule has 1 aliphatic rings. The second kappa shape index (κ2) is 5.82. The van der Waals surface area contributed by atoms with Crippen LogP contribution in [0.5, 0.6) is 0 Å². The van der Waals surface area contributed by atoms with Crippen molar-refractivity contribution in [3.05, 3.63) is 0 Å². The van der Waals surface area contributed by atoms with E-state index in [0.717, 1.165) is 6.42 Å². The first-order chi connectivity index (χ1) is 7.83. The van der Waals surface area contributed by atoms with Crippen molar-refractivity contribution in [1.82, 2.24) is 5.32 Å². The lowest BCUT2D eigenvalue weighted by Crippen LogP contribution is -2.46. The number of carbonyl (C=O) groups is 1. The number of nitrogens with two attached hydrogens (primary N) is 1. The molecule has 6 heteroatoms. The van der Waals surface area contributed by atoms with E-state index in [1.165, 1.54) is 0 Å². The summed E-state index contributed by atoms with van der Waals surface area (Å²) >= 11 is 0. The standard InChI is InChI=1S/C11H22N2O3S/c1-8(12)7-9(2)13-11(14)10-5-3-4-6-17(10,15)16/h8-10H,3-7,12H2,1-2H3,(H,13,14). The molecular weight excluding hydrogens is 240 g/mol. The summed E-state index contributed by atoms with van der Waals surface area (Å²) in [5.74, 6) is -0.231. The van der Waals surface area contributed by atoms with E-state index in [1.807, 2.05) is 13.8 Å². The minimum Gasteiger partial charge on any atom is -0.352 e. The molecule has 1 aliphatic heterocycles. The largest absolute Gasteiger partial charge is 0.352 e. The van der Waals surface area contributed by atoms with Crippen molar-refractivity contribution in [3.63, 3.8) is 0 Å². The Morgan fingerprint density at radius 1 is 1.41 bits per heavy atom. The van der Waals surface area contributed by atoms with E-state index in [9.17, 15) is 13.2 Å². The molecule has 3 atom stereocenters. The number of amides is 1. The van der Waals surface area contributed by atoms with Crippen LogP contribution < -0.4 is 11.1 Å². The van der Waals surface area contributed by atoms with Crippen LogP contribution in [0.25, 0.3) is 0 Å². The monoisotopic (exact) mass is 262 g/mol. The molecule has 1 fully saturated rings.